The fraction of sp³-hybridized carbons (Fsp3) is 0.667. The average molecular weight is 482 g/mol. The summed E-state index contributed by atoms with van der Waals surface area (Å²) >= 11 is 0. The fourth-order valence-corrected chi connectivity index (χ4v) is 7.03. The first-order valence-electron chi connectivity index (χ1n) is 9.83. The van der Waals surface area contributed by atoms with Crippen LogP contribution in [0.1, 0.15) is 13.8 Å². The first-order valence-corrected chi connectivity index (χ1v) is 12.7. The smallest absolute Gasteiger partial charge is 0.282 e. The summed E-state index contributed by atoms with van der Waals surface area (Å²) in [5.41, 5.74) is 0. The van der Waals surface area contributed by atoms with E-state index in [1.54, 1.807) is 13.8 Å². The third-order valence-corrected chi connectivity index (χ3v) is 9.17. The van der Waals surface area contributed by atoms with E-state index in [-0.39, 0.29) is 63.0 Å². The van der Waals surface area contributed by atoms with Crippen LogP contribution in [0.15, 0.2) is 17.0 Å². The molecule has 0 aromatic heterocycles. The quantitative estimate of drug-likeness (QED) is 0.583. The molecule has 0 radical (unpaired) electrons. The van der Waals surface area contributed by atoms with Crippen LogP contribution >= 0.6 is 0 Å². The fourth-order valence-electron chi connectivity index (χ4n) is 3.80. The summed E-state index contributed by atoms with van der Waals surface area (Å²) in [4.78, 5) is -0.544. The Morgan fingerprint density at radius 3 is 1.87 bits per heavy atom. The molecule has 2 atom stereocenters. The lowest BCUT2D eigenvalue weighted by Gasteiger charge is -2.40. The predicted octanol–water partition coefficient (Wildman–Crippen LogP) is 0.503. The van der Waals surface area contributed by atoms with Gasteiger partial charge in [-0.3, -0.25) is 0 Å². The van der Waals surface area contributed by atoms with Crippen LogP contribution in [0.5, 0.6) is 11.5 Å². The first-order chi connectivity index (χ1) is 14.5. The SMILES string of the molecule is COc1cc(F)c(S(=O)(=O)N2CCN(S(=O)(=O)N3CC(C)OC(C)C3)CC2)cc1OC. The van der Waals surface area contributed by atoms with Gasteiger partial charge in [-0.2, -0.15) is 21.3 Å². The molecule has 2 fully saturated rings. The Hall–Kier alpha value is -1.51. The van der Waals surface area contributed by atoms with E-state index in [4.69, 9.17) is 14.2 Å². The molecule has 2 saturated heterocycles. The van der Waals surface area contributed by atoms with Gasteiger partial charge < -0.3 is 14.2 Å². The highest BCUT2D eigenvalue weighted by molar-refractivity contribution is 7.89. The highest BCUT2D eigenvalue weighted by atomic mass is 32.2. The number of methoxy groups -OCH3 is 2. The molecule has 31 heavy (non-hydrogen) atoms. The van der Waals surface area contributed by atoms with Crippen LogP contribution in [0.4, 0.5) is 4.39 Å². The molecule has 0 N–H and O–H groups in total. The van der Waals surface area contributed by atoms with E-state index in [0.717, 1.165) is 16.4 Å². The predicted molar refractivity (Wildman–Crippen MR) is 110 cm³/mol. The zero-order valence-electron chi connectivity index (χ0n) is 17.9. The molecule has 2 aliphatic heterocycles. The molecule has 3 rings (SSSR count). The summed E-state index contributed by atoms with van der Waals surface area (Å²) in [7, 11) is -5.31. The summed E-state index contributed by atoms with van der Waals surface area (Å²) in [5.74, 6) is -0.813. The second-order valence-corrected chi connectivity index (χ2v) is 11.4. The van der Waals surface area contributed by atoms with Crippen LogP contribution in [0.3, 0.4) is 0 Å². The maximum absolute atomic E-state index is 14.5. The normalized spacial score (nSPS) is 24.8. The summed E-state index contributed by atoms with van der Waals surface area (Å²) in [5, 5.41) is 0. The number of halogens is 1. The van der Waals surface area contributed by atoms with Gasteiger partial charge in [0, 0.05) is 51.4 Å². The number of nitrogens with zero attached hydrogens (tertiary/aromatic N) is 3. The number of benzene rings is 1. The summed E-state index contributed by atoms with van der Waals surface area (Å²) in [6, 6.07) is 2.02. The van der Waals surface area contributed by atoms with Crippen LogP contribution in [-0.4, -0.2) is 95.4 Å². The second kappa shape index (κ2) is 9.16. The molecule has 1 aromatic rings. The van der Waals surface area contributed by atoms with Crippen LogP contribution in [0.25, 0.3) is 0 Å². The van der Waals surface area contributed by atoms with Crippen molar-refractivity contribution >= 4 is 20.2 Å². The molecule has 0 saturated carbocycles. The van der Waals surface area contributed by atoms with Gasteiger partial charge in [0.2, 0.25) is 10.0 Å². The number of rotatable bonds is 6. The Morgan fingerprint density at radius 1 is 0.871 bits per heavy atom. The molecule has 0 amide bonds. The maximum Gasteiger partial charge on any atom is 0.282 e. The van der Waals surface area contributed by atoms with E-state index in [1.807, 2.05) is 0 Å². The van der Waals surface area contributed by atoms with Crippen molar-refractivity contribution in [3.8, 4) is 11.5 Å². The summed E-state index contributed by atoms with van der Waals surface area (Å²) in [6.07, 6.45) is -0.457. The molecule has 13 heteroatoms. The third kappa shape index (κ3) is 4.81. The van der Waals surface area contributed by atoms with Gasteiger partial charge in [0.25, 0.3) is 10.2 Å². The molecular formula is C18H28FN3O7S2. The molecule has 0 spiro atoms. The number of hydrogen-bond donors (Lipinski definition) is 0. The second-order valence-electron chi connectivity index (χ2n) is 7.52. The van der Waals surface area contributed by atoms with Crippen molar-refractivity contribution in [2.75, 3.05) is 53.5 Å². The standard InChI is InChI=1S/C18H28FN3O7S2/c1-13-11-22(12-14(2)29-13)31(25,26)21-7-5-20(6-8-21)30(23,24)18-10-17(28-4)16(27-3)9-15(18)19/h9-10,13-14H,5-8,11-12H2,1-4H3. The van der Waals surface area contributed by atoms with Crippen molar-refractivity contribution in [3.63, 3.8) is 0 Å². The van der Waals surface area contributed by atoms with Crippen molar-refractivity contribution in [2.24, 2.45) is 0 Å². The number of piperazine rings is 1. The third-order valence-electron chi connectivity index (χ3n) is 5.29. The molecule has 2 aliphatic rings. The van der Waals surface area contributed by atoms with Gasteiger partial charge in [0.05, 0.1) is 26.4 Å². The Morgan fingerprint density at radius 2 is 1.35 bits per heavy atom. The highest BCUT2D eigenvalue weighted by Crippen LogP contribution is 2.33. The molecule has 10 nitrogen and oxygen atoms in total. The first kappa shape index (κ1) is 24.1. The average Bonchev–Trinajstić information content (AvgIpc) is 2.72. The zero-order chi connectivity index (χ0) is 23.0. The van der Waals surface area contributed by atoms with Gasteiger partial charge in [-0.05, 0) is 13.8 Å². The van der Waals surface area contributed by atoms with Gasteiger partial charge in [0.15, 0.2) is 11.5 Å². The Kier molecular flexibility index (Phi) is 7.13. The largest absolute Gasteiger partial charge is 0.493 e. The van der Waals surface area contributed by atoms with Gasteiger partial charge in [-0.25, -0.2) is 12.8 Å². The van der Waals surface area contributed by atoms with Crippen molar-refractivity contribution in [3.05, 3.63) is 17.9 Å². The van der Waals surface area contributed by atoms with E-state index < -0.39 is 30.9 Å². The topological polar surface area (TPSA) is 106 Å². The lowest BCUT2D eigenvalue weighted by Crippen LogP contribution is -2.57. The van der Waals surface area contributed by atoms with Crippen LogP contribution in [-0.2, 0) is 25.0 Å². The van der Waals surface area contributed by atoms with E-state index in [2.05, 4.69) is 0 Å². The van der Waals surface area contributed by atoms with Crippen molar-refractivity contribution in [1.29, 1.82) is 0 Å². The summed E-state index contributed by atoms with van der Waals surface area (Å²) < 4.78 is 85.9. The minimum Gasteiger partial charge on any atom is -0.493 e. The molecular weight excluding hydrogens is 453 g/mol. The van der Waals surface area contributed by atoms with E-state index in [0.29, 0.717) is 0 Å². The van der Waals surface area contributed by atoms with Crippen LogP contribution in [0, 0.1) is 5.82 Å². The van der Waals surface area contributed by atoms with E-state index in [1.165, 1.54) is 22.8 Å². The van der Waals surface area contributed by atoms with Gasteiger partial charge >= 0.3 is 0 Å². The number of ether oxygens (including phenoxy) is 3. The number of hydrogen-bond acceptors (Lipinski definition) is 7. The molecule has 0 aliphatic carbocycles. The Balaban J connectivity index is 1.76. The van der Waals surface area contributed by atoms with Crippen molar-refractivity contribution < 1.29 is 35.4 Å². The molecule has 176 valence electrons. The lowest BCUT2D eigenvalue weighted by molar-refractivity contribution is -0.0456. The molecule has 1 aromatic carbocycles. The molecule has 0 bridgehead atoms. The van der Waals surface area contributed by atoms with Gasteiger partial charge in [-0.1, -0.05) is 0 Å². The summed E-state index contributed by atoms with van der Waals surface area (Å²) in [6.45, 7) is 3.84. The van der Waals surface area contributed by atoms with Crippen molar-refractivity contribution in [2.45, 2.75) is 31.0 Å². The maximum atomic E-state index is 14.5. The molecule has 2 unspecified atom stereocenters. The minimum absolute atomic E-state index is 0.0312. The van der Waals surface area contributed by atoms with E-state index in [9.17, 15) is 21.2 Å². The zero-order valence-corrected chi connectivity index (χ0v) is 19.6. The van der Waals surface area contributed by atoms with Crippen LogP contribution in [0.2, 0.25) is 0 Å². The highest BCUT2D eigenvalue weighted by Gasteiger charge is 2.39. The monoisotopic (exact) mass is 481 g/mol. The van der Waals surface area contributed by atoms with Gasteiger partial charge in [-0.15, -0.1) is 0 Å². The minimum atomic E-state index is -4.19. The number of morpholine rings is 1. The molecule has 2 heterocycles. The lowest BCUT2D eigenvalue weighted by atomic mass is 10.3. The van der Waals surface area contributed by atoms with Gasteiger partial charge in [0.1, 0.15) is 10.7 Å². The number of sulfonamides is 1. The van der Waals surface area contributed by atoms with E-state index >= 15 is 0 Å². The van der Waals surface area contributed by atoms with Crippen molar-refractivity contribution in [1.82, 2.24) is 12.9 Å². The Labute approximate surface area is 182 Å². The van der Waals surface area contributed by atoms with Crippen LogP contribution < -0.4 is 9.47 Å². The Bertz CT molecular complexity index is 1000.